The second-order valence-corrected chi connectivity index (χ2v) is 5.39. The maximum absolute atomic E-state index is 12.1. The number of hydrogen-bond acceptors (Lipinski definition) is 3. The minimum absolute atomic E-state index is 0.446. The van der Waals surface area contributed by atoms with E-state index < -0.39 is 11.7 Å². The maximum Gasteiger partial charge on any atom is 0.299 e. The zero-order valence-electron chi connectivity index (χ0n) is 10.5. The van der Waals surface area contributed by atoms with E-state index in [1.54, 1.807) is 24.5 Å². The molecule has 0 atom stereocenters. The van der Waals surface area contributed by atoms with Crippen LogP contribution >= 0.6 is 15.9 Å². The lowest BCUT2D eigenvalue weighted by molar-refractivity contribution is -0.114. The molecule has 1 aliphatic heterocycles. The molecule has 2 aromatic rings. The van der Waals surface area contributed by atoms with Gasteiger partial charge < -0.3 is 4.90 Å². The number of Topliss-reactive ketones (excluding diaryl/α,β-unsaturated/α-hetero) is 1. The summed E-state index contributed by atoms with van der Waals surface area (Å²) in [5, 5.41) is 0. The highest BCUT2D eigenvalue weighted by atomic mass is 79.9. The molecule has 0 saturated heterocycles. The molecule has 0 N–H and O–H groups in total. The molecule has 1 aliphatic rings. The van der Waals surface area contributed by atoms with Gasteiger partial charge in [0.1, 0.15) is 0 Å². The molecular formula is C15H11BrN2O2. The zero-order chi connectivity index (χ0) is 14.1. The molecule has 0 unspecified atom stereocenters. The highest BCUT2D eigenvalue weighted by Crippen LogP contribution is 2.34. The van der Waals surface area contributed by atoms with Gasteiger partial charge in [-0.25, -0.2) is 0 Å². The third-order valence-electron chi connectivity index (χ3n) is 3.30. The van der Waals surface area contributed by atoms with Crippen LogP contribution in [0.25, 0.3) is 0 Å². The molecule has 20 heavy (non-hydrogen) atoms. The van der Waals surface area contributed by atoms with Gasteiger partial charge in [0.05, 0.1) is 11.3 Å². The van der Waals surface area contributed by atoms with Gasteiger partial charge in [0.15, 0.2) is 0 Å². The topological polar surface area (TPSA) is 50.3 Å². The van der Waals surface area contributed by atoms with Crippen molar-refractivity contribution < 1.29 is 9.59 Å². The minimum Gasteiger partial charge on any atom is -0.304 e. The molecule has 2 heterocycles. The Morgan fingerprint density at radius 1 is 1.15 bits per heavy atom. The second-order valence-electron chi connectivity index (χ2n) is 4.53. The molecular weight excluding hydrogens is 320 g/mol. The highest BCUT2D eigenvalue weighted by molar-refractivity contribution is 9.10. The van der Waals surface area contributed by atoms with Crippen LogP contribution in [0.2, 0.25) is 0 Å². The molecule has 0 fully saturated rings. The van der Waals surface area contributed by atoms with Crippen molar-refractivity contribution in [2.24, 2.45) is 0 Å². The van der Waals surface area contributed by atoms with Crippen molar-refractivity contribution in [1.29, 1.82) is 0 Å². The summed E-state index contributed by atoms with van der Waals surface area (Å²) in [5.74, 6) is -0.908. The van der Waals surface area contributed by atoms with Crippen LogP contribution in [0.3, 0.4) is 0 Å². The molecule has 100 valence electrons. The molecule has 3 rings (SSSR count). The maximum atomic E-state index is 12.1. The number of aromatic nitrogens is 1. The van der Waals surface area contributed by atoms with Crippen LogP contribution in [0.4, 0.5) is 5.69 Å². The van der Waals surface area contributed by atoms with Crippen molar-refractivity contribution in [1.82, 2.24) is 4.98 Å². The lowest BCUT2D eigenvalue weighted by Crippen LogP contribution is -2.31. The molecule has 4 nitrogen and oxygen atoms in total. The Bertz CT molecular complexity index is 686. The van der Waals surface area contributed by atoms with E-state index in [0.717, 1.165) is 5.56 Å². The van der Waals surface area contributed by atoms with E-state index in [2.05, 4.69) is 20.9 Å². The van der Waals surface area contributed by atoms with Crippen molar-refractivity contribution in [2.75, 3.05) is 11.4 Å². The van der Waals surface area contributed by atoms with Gasteiger partial charge in [-0.3, -0.25) is 14.6 Å². The number of fused-ring (bicyclic) bond motifs is 1. The molecule has 0 spiro atoms. The van der Waals surface area contributed by atoms with E-state index >= 15 is 0 Å². The third-order valence-corrected chi connectivity index (χ3v) is 3.96. The van der Waals surface area contributed by atoms with Crippen molar-refractivity contribution in [3.8, 4) is 0 Å². The van der Waals surface area contributed by atoms with Crippen LogP contribution in [0.15, 0.2) is 47.2 Å². The summed E-state index contributed by atoms with van der Waals surface area (Å²) in [7, 11) is 0. The lowest BCUT2D eigenvalue weighted by atomic mass is 10.1. The first-order chi connectivity index (χ1) is 9.68. The van der Waals surface area contributed by atoms with Crippen LogP contribution in [-0.2, 0) is 11.2 Å². The van der Waals surface area contributed by atoms with Gasteiger partial charge in [-0.15, -0.1) is 0 Å². The number of carbonyl (C=O) groups is 2. The normalized spacial score (nSPS) is 13.8. The Hall–Kier alpha value is -2.01. The van der Waals surface area contributed by atoms with Gasteiger partial charge in [0.2, 0.25) is 0 Å². The molecule has 0 aliphatic carbocycles. The summed E-state index contributed by atoms with van der Waals surface area (Å²) in [4.78, 5) is 29.7. The van der Waals surface area contributed by atoms with E-state index in [0.29, 0.717) is 28.7 Å². The summed E-state index contributed by atoms with van der Waals surface area (Å²) < 4.78 is 0.664. The number of pyridine rings is 1. The Morgan fingerprint density at radius 2 is 2.00 bits per heavy atom. The van der Waals surface area contributed by atoms with Crippen LogP contribution in [-0.4, -0.2) is 23.2 Å². The predicted octanol–water partition coefficient (Wildman–Crippen LogP) is 2.62. The van der Waals surface area contributed by atoms with Gasteiger partial charge in [0, 0.05) is 23.4 Å². The molecule has 0 radical (unpaired) electrons. The molecule has 1 aromatic carbocycles. The van der Waals surface area contributed by atoms with E-state index in [4.69, 9.17) is 0 Å². The standard InChI is InChI=1S/C15H11BrN2O2/c16-11-4-1-5-12-13(11)14(19)15(20)18(12)8-6-10-3-2-7-17-9-10/h1-5,7,9H,6,8H2. The zero-order valence-corrected chi connectivity index (χ0v) is 12.1. The predicted molar refractivity (Wildman–Crippen MR) is 78.8 cm³/mol. The van der Waals surface area contributed by atoms with Gasteiger partial charge in [-0.2, -0.15) is 0 Å². The smallest absolute Gasteiger partial charge is 0.299 e. The fourth-order valence-corrected chi connectivity index (χ4v) is 2.85. The number of nitrogens with zero attached hydrogens (tertiary/aromatic N) is 2. The quantitative estimate of drug-likeness (QED) is 0.813. The Balaban J connectivity index is 1.87. The van der Waals surface area contributed by atoms with E-state index in [-0.39, 0.29) is 0 Å². The van der Waals surface area contributed by atoms with Crippen molar-refractivity contribution >= 4 is 33.3 Å². The highest BCUT2D eigenvalue weighted by Gasteiger charge is 2.36. The van der Waals surface area contributed by atoms with Crippen LogP contribution in [0.1, 0.15) is 15.9 Å². The van der Waals surface area contributed by atoms with Gasteiger partial charge >= 0.3 is 0 Å². The number of halogens is 1. The Kier molecular flexibility index (Phi) is 3.36. The first-order valence-electron chi connectivity index (χ1n) is 6.22. The summed E-state index contributed by atoms with van der Waals surface area (Å²) in [6, 6.07) is 9.21. The summed E-state index contributed by atoms with van der Waals surface area (Å²) in [6.07, 6.45) is 4.14. The molecule has 5 heteroatoms. The Labute approximate surface area is 124 Å². The van der Waals surface area contributed by atoms with Crippen molar-refractivity contribution in [3.05, 3.63) is 58.3 Å². The number of carbonyl (C=O) groups excluding carboxylic acids is 2. The number of ketones is 1. The van der Waals surface area contributed by atoms with E-state index in [1.165, 1.54) is 4.90 Å². The van der Waals surface area contributed by atoms with Crippen molar-refractivity contribution in [2.45, 2.75) is 6.42 Å². The average Bonchev–Trinajstić information content (AvgIpc) is 2.71. The SMILES string of the molecule is O=C1C(=O)N(CCc2cccnc2)c2cccc(Br)c21. The lowest BCUT2D eigenvalue weighted by Gasteiger charge is -2.16. The monoisotopic (exact) mass is 330 g/mol. The first kappa shape index (κ1) is 13.0. The van der Waals surface area contributed by atoms with Crippen LogP contribution in [0, 0.1) is 0 Å². The molecule has 0 saturated carbocycles. The fraction of sp³-hybridized carbons (Fsp3) is 0.133. The van der Waals surface area contributed by atoms with Gasteiger partial charge in [0.25, 0.3) is 11.7 Å². The van der Waals surface area contributed by atoms with Crippen molar-refractivity contribution in [3.63, 3.8) is 0 Å². The van der Waals surface area contributed by atoms with Gasteiger partial charge in [-0.1, -0.05) is 12.1 Å². The fourth-order valence-electron chi connectivity index (χ4n) is 2.31. The third kappa shape index (κ3) is 2.14. The summed E-state index contributed by atoms with van der Waals surface area (Å²) in [5.41, 5.74) is 2.18. The number of benzene rings is 1. The second kappa shape index (κ2) is 5.17. The Morgan fingerprint density at radius 3 is 2.75 bits per heavy atom. The minimum atomic E-state index is -0.462. The van der Waals surface area contributed by atoms with E-state index in [1.807, 2.05) is 18.2 Å². The molecule has 1 aromatic heterocycles. The summed E-state index contributed by atoms with van der Waals surface area (Å²) in [6.45, 7) is 0.472. The van der Waals surface area contributed by atoms with Crippen LogP contribution in [0.5, 0.6) is 0 Å². The average molecular weight is 331 g/mol. The number of amides is 1. The first-order valence-corrected chi connectivity index (χ1v) is 7.01. The number of hydrogen-bond donors (Lipinski definition) is 0. The molecule has 1 amide bonds. The molecule has 0 bridgehead atoms. The summed E-state index contributed by atoms with van der Waals surface area (Å²) >= 11 is 3.33. The largest absolute Gasteiger partial charge is 0.304 e. The van der Waals surface area contributed by atoms with Crippen LogP contribution < -0.4 is 4.90 Å². The number of anilines is 1. The van der Waals surface area contributed by atoms with Gasteiger partial charge in [-0.05, 0) is 46.1 Å². The number of rotatable bonds is 3. The van der Waals surface area contributed by atoms with E-state index in [9.17, 15) is 9.59 Å².